The van der Waals surface area contributed by atoms with Gasteiger partial charge < -0.3 is 5.32 Å². The average Bonchev–Trinajstić information content (AvgIpc) is 2.40. The molecule has 1 N–H and O–H groups in total. The van der Waals surface area contributed by atoms with Gasteiger partial charge in [0.05, 0.1) is 4.92 Å². The Kier molecular flexibility index (Phi) is 2.87. The molecule has 5 nitrogen and oxygen atoms in total. The molecule has 1 unspecified atom stereocenters. The number of pyridine rings is 1. The largest absolute Gasteiger partial charge is 0.364 e. The second-order valence-corrected chi connectivity index (χ2v) is 4.61. The fraction of sp³-hybridized carbons (Fsp3) is 0.214. The molecule has 0 radical (unpaired) electrons. The van der Waals surface area contributed by atoms with Crippen molar-refractivity contribution in [2.45, 2.75) is 12.3 Å². The van der Waals surface area contributed by atoms with Gasteiger partial charge in [-0.1, -0.05) is 24.3 Å². The van der Waals surface area contributed by atoms with Gasteiger partial charge in [0.15, 0.2) is 0 Å². The van der Waals surface area contributed by atoms with E-state index in [9.17, 15) is 10.1 Å². The van der Waals surface area contributed by atoms with Crippen molar-refractivity contribution in [3.63, 3.8) is 0 Å². The van der Waals surface area contributed by atoms with Crippen LogP contribution in [-0.4, -0.2) is 16.5 Å². The Morgan fingerprint density at radius 2 is 2.16 bits per heavy atom. The smallest absolute Gasteiger partial charge is 0.311 e. The lowest BCUT2D eigenvalue weighted by molar-refractivity contribution is -0.384. The zero-order valence-corrected chi connectivity index (χ0v) is 10.2. The van der Waals surface area contributed by atoms with Gasteiger partial charge in [-0.25, -0.2) is 4.98 Å². The van der Waals surface area contributed by atoms with E-state index in [1.54, 1.807) is 12.3 Å². The Morgan fingerprint density at radius 3 is 2.95 bits per heavy atom. The third-order valence-corrected chi connectivity index (χ3v) is 3.46. The molecule has 5 heteroatoms. The van der Waals surface area contributed by atoms with E-state index in [1.807, 2.05) is 12.1 Å². The second kappa shape index (κ2) is 4.68. The van der Waals surface area contributed by atoms with Crippen LogP contribution in [0.3, 0.4) is 0 Å². The van der Waals surface area contributed by atoms with Crippen LogP contribution in [0.25, 0.3) is 0 Å². The van der Waals surface area contributed by atoms with E-state index in [-0.39, 0.29) is 5.69 Å². The van der Waals surface area contributed by atoms with Crippen molar-refractivity contribution in [1.29, 1.82) is 0 Å². The third kappa shape index (κ3) is 2.14. The second-order valence-electron chi connectivity index (χ2n) is 4.61. The Balaban J connectivity index is 1.70. The van der Waals surface area contributed by atoms with Gasteiger partial charge in [-0.3, -0.25) is 10.1 Å². The van der Waals surface area contributed by atoms with Crippen LogP contribution in [0.15, 0.2) is 42.6 Å². The van der Waals surface area contributed by atoms with Crippen LogP contribution >= 0.6 is 0 Å². The number of nitrogens with one attached hydrogen (secondary N) is 1. The SMILES string of the molecule is O=[N+]([O-])c1cccnc1NCC1Cc2ccccc21. The van der Waals surface area contributed by atoms with Crippen LogP contribution in [0.1, 0.15) is 17.0 Å². The number of rotatable bonds is 4. The van der Waals surface area contributed by atoms with Gasteiger partial charge in [-0.05, 0) is 23.6 Å². The molecule has 0 amide bonds. The average molecular weight is 255 g/mol. The summed E-state index contributed by atoms with van der Waals surface area (Å²) >= 11 is 0. The Bertz CT molecular complexity index is 628. The predicted molar refractivity (Wildman–Crippen MR) is 72.3 cm³/mol. The van der Waals surface area contributed by atoms with Gasteiger partial charge in [-0.15, -0.1) is 0 Å². The van der Waals surface area contributed by atoms with Crippen LogP contribution in [0.5, 0.6) is 0 Å². The molecule has 96 valence electrons. The summed E-state index contributed by atoms with van der Waals surface area (Å²) in [6.45, 7) is 0.675. The standard InChI is InChI=1S/C14H13N3O2/c18-17(19)13-6-3-7-15-14(13)16-9-11-8-10-4-1-2-5-12(10)11/h1-7,11H,8-9H2,(H,15,16). The fourth-order valence-corrected chi connectivity index (χ4v) is 2.45. The fourth-order valence-electron chi connectivity index (χ4n) is 2.45. The highest BCUT2D eigenvalue weighted by Crippen LogP contribution is 2.35. The van der Waals surface area contributed by atoms with E-state index < -0.39 is 4.92 Å². The summed E-state index contributed by atoms with van der Waals surface area (Å²) in [5.41, 5.74) is 2.72. The minimum absolute atomic E-state index is 0.0232. The van der Waals surface area contributed by atoms with Gasteiger partial charge in [0.25, 0.3) is 0 Å². The summed E-state index contributed by atoms with van der Waals surface area (Å²) < 4.78 is 0. The first-order chi connectivity index (χ1) is 9.25. The highest BCUT2D eigenvalue weighted by Gasteiger charge is 2.26. The summed E-state index contributed by atoms with van der Waals surface area (Å²) in [6.07, 6.45) is 2.58. The number of fused-ring (bicyclic) bond motifs is 1. The molecule has 1 aromatic carbocycles. The Labute approximate surface area is 110 Å². The highest BCUT2D eigenvalue weighted by atomic mass is 16.6. The number of hydrogen-bond acceptors (Lipinski definition) is 4. The number of hydrogen-bond donors (Lipinski definition) is 1. The molecule has 1 heterocycles. The number of anilines is 1. The van der Waals surface area contributed by atoms with Crippen LogP contribution in [-0.2, 0) is 6.42 Å². The van der Waals surface area contributed by atoms with Crippen molar-refractivity contribution in [2.24, 2.45) is 0 Å². The number of benzene rings is 1. The zero-order valence-electron chi connectivity index (χ0n) is 10.2. The summed E-state index contributed by atoms with van der Waals surface area (Å²) in [5, 5.41) is 14.0. The lowest BCUT2D eigenvalue weighted by Crippen LogP contribution is -2.24. The van der Waals surface area contributed by atoms with Crippen molar-refractivity contribution in [3.05, 3.63) is 63.8 Å². The molecule has 0 saturated carbocycles. The van der Waals surface area contributed by atoms with E-state index in [1.165, 1.54) is 17.2 Å². The van der Waals surface area contributed by atoms with Gasteiger partial charge >= 0.3 is 5.69 Å². The molecular formula is C14H13N3O2. The Hall–Kier alpha value is -2.43. The van der Waals surface area contributed by atoms with E-state index in [4.69, 9.17) is 0 Å². The van der Waals surface area contributed by atoms with Gasteiger partial charge in [-0.2, -0.15) is 0 Å². The number of nitro groups is 1. The van der Waals surface area contributed by atoms with Crippen LogP contribution in [0, 0.1) is 10.1 Å². The first-order valence-corrected chi connectivity index (χ1v) is 6.17. The maximum Gasteiger partial charge on any atom is 0.311 e. The molecule has 0 aliphatic heterocycles. The molecule has 1 aliphatic rings. The van der Waals surface area contributed by atoms with Crippen LogP contribution in [0.4, 0.5) is 11.5 Å². The van der Waals surface area contributed by atoms with Gasteiger partial charge in [0.1, 0.15) is 0 Å². The first kappa shape index (κ1) is 11.6. The van der Waals surface area contributed by atoms with Crippen molar-refractivity contribution in [1.82, 2.24) is 4.98 Å². The molecule has 1 aliphatic carbocycles. The summed E-state index contributed by atoms with van der Waals surface area (Å²) in [7, 11) is 0. The molecule has 0 fully saturated rings. The van der Waals surface area contributed by atoms with E-state index in [2.05, 4.69) is 22.4 Å². The maximum atomic E-state index is 10.9. The lowest BCUT2D eigenvalue weighted by atomic mass is 9.77. The van der Waals surface area contributed by atoms with Crippen molar-refractivity contribution in [2.75, 3.05) is 11.9 Å². The Morgan fingerprint density at radius 1 is 1.32 bits per heavy atom. The topological polar surface area (TPSA) is 68.1 Å². The number of nitrogens with zero attached hydrogens (tertiary/aromatic N) is 2. The van der Waals surface area contributed by atoms with Crippen LogP contribution < -0.4 is 5.32 Å². The summed E-state index contributed by atoms with van der Waals surface area (Å²) in [5.74, 6) is 0.759. The molecular weight excluding hydrogens is 242 g/mol. The minimum atomic E-state index is -0.413. The molecule has 2 aromatic rings. The molecule has 3 rings (SSSR count). The maximum absolute atomic E-state index is 10.9. The molecule has 0 saturated heterocycles. The van der Waals surface area contributed by atoms with E-state index in [0.29, 0.717) is 18.3 Å². The van der Waals surface area contributed by atoms with Crippen molar-refractivity contribution in [3.8, 4) is 0 Å². The summed E-state index contributed by atoms with van der Waals surface area (Å²) in [4.78, 5) is 14.5. The molecule has 1 aromatic heterocycles. The van der Waals surface area contributed by atoms with E-state index in [0.717, 1.165) is 6.42 Å². The van der Waals surface area contributed by atoms with Gasteiger partial charge in [0.2, 0.25) is 5.82 Å². The number of aromatic nitrogens is 1. The zero-order chi connectivity index (χ0) is 13.2. The minimum Gasteiger partial charge on any atom is -0.364 e. The van der Waals surface area contributed by atoms with E-state index >= 15 is 0 Å². The normalized spacial score (nSPS) is 16.3. The monoisotopic (exact) mass is 255 g/mol. The van der Waals surface area contributed by atoms with Gasteiger partial charge in [0, 0.05) is 24.7 Å². The quantitative estimate of drug-likeness (QED) is 0.673. The lowest BCUT2D eigenvalue weighted by Gasteiger charge is -2.30. The molecule has 0 bridgehead atoms. The van der Waals surface area contributed by atoms with Crippen LogP contribution in [0.2, 0.25) is 0 Å². The predicted octanol–water partition coefficient (Wildman–Crippen LogP) is 2.74. The third-order valence-electron chi connectivity index (χ3n) is 3.46. The van der Waals surface area contributed by atoms with Crippen molar-refractivity contribution < 1.29 is 4.92 Å². The molecule has 19 heavy (non-hydrogen) atoms. The first-order valence-electron chi connectivity index (χ1n) is 6.17. The highest BCUT2D eigenvalue weighted by molar-refractivity contribution is 5.55. The molecule has 0 spiro atoms. The molecule has 1 atom stereocenters. The van der Waals surface area contributed by atoms with Crippen molar-refractivity contribution >= 4 is 11.5 Å². The summed E-state index contributed by atoms with van der Waals surface area (Å²) in [6, 6.07) is 11.3.